The summed E-state index contributed by atoms with van der Waals surface area (Å²) >= 11 is 1.35. The van der Waals surface area contributed by atoms with Crippen LogP contribution in [0.2, 0.25) is 0 Å². The molecule has 1 fully saturated rings. The van der Waals surface area contributed by atoms with E-state index in [9.17, 15) is 14.9 Å². The van der Waals surface area contributed by atoms with E-state index in [0.29, 0.717) is 17.5 Å². The van der Waals surface area contributed by atoms with Crippen LogP contribution in [-0.4, -0.2) is 30.0 Å². The van der Waals surface area contributed by atoms with E-state index in [2.05, 4.69) is 10.6 Å². The van der Waals surface area contributed by atoms with Gasteiger partial charge in [-0.3, -0.25) is 14.9 Å². The summed E-state index contributed by atoms with van der Waals surface area (Å²) in [5.74, 6) is -0.118. The van der Waals surface area contributed by atoms with Gasteiger partial charge in [-0.1, -0.05) is 0 Å². The van der Waals surface area contributed by atoms with Crippen molar-refractivity contribution in [2.24, 2.45) is 0 Å². The van der Waals surface area contributed by atoms with Gasteiger partial charge in [-0.15, -0.1) is 23.7 Å². The van der Waals surface area contributed by atoms with Crippen molar-refractivity contribution in [2.45, 2.75) is 18.9 Å². The standard InChI is InChI=1S/C14H15N3O3S.ClH/c18-14(16-8-10-2-1-5-15-10)13-7-9-6-11(17(19)20)3-4-12(9)21-13;/h3-4,6-7,10,15H,1-2,5,8H2,(H,16,18);1H. The average Bonchev–Trinajstić information content (AvgIpc) is 3.12. The first kappa shape index (κ1) is 16.7. The molecule has 1 saturated heterocycles. The molecule has 3 rings (SSSR count). The van der Waals surface area contributed by atoms with E-state index in [0.717, 1.165) is 29.5 Å². The molecule has 0 aliphatic carbocycles. The van der Waals surface area contributed by atoms with Crippen molar-refractivity contribution < 1.29 is 9.72 Å². The van der Waals surface area contributed by atoms with Crippen molar-refractivity contribution in [1.82, 2.24) is 10.6 Å². The normalized spacial score (nSPS) is 17.2. The zero-order valence-electron chi connectivity index (χ0n) is 11.7. The predicted octanol–water partition coefficient (Wildman–Crippen LogP) is 2.71. The highest BCUT2D eigenvalue weighted by molar-refractivity contribution is 7.20. The number of amides is 1. The van der Waals surface area contributed by atoms with Gasteiger partial charge >= 0.3 is 0 Å². The number of carbonyl (C=O) groups is 1. The highest BCUT2D eigenvalue weighted by Crippen LogP contribution is 2.28. The molecule has 6 nitrogen and oxygen atoms in total. The lowest BCUT2D eigenvalue weighted by molar-refractivity contribution is -0.384. The summed E-state index contributed by atoms with van der Waals surface area (Å²) in [4.78, 5) is 23.0. The Bertz CT molecular complexity index is 698. The van der Waals surface area contributed by atoms with Crippen molar-refractivity contribution in [3.8, 4) is 0 Å². The summed E-state index contributed by atoms with van der Waals surface area (Å²) in [6, 6.07) is 6.71. The number of hydrogen-bond acceptors (Lipinski definition) is 5. The van der Waals surface area contributed by atoms with E-state index >= 15 is 0 Å². The molecule has 1 aliphatic heterocycles. The second-order valence-electron chi connectivity index (χ2n) is 5.09. The minimum Gasteiger partial charge on any atom is -0.350 e. The molecular weight excluding hydrogens is 326 g/mol. The molecule has 1 unspecified atom stereocenters. The number of fused-ring (bicyclic) bond motifs is 1. The first-order valence-corrected chi connectivity index (χ1v) is 7.65. The maximum absolute atomic E-state index is 12.1. The molecule has 118 valence electrons. The van der Waals surface area contributed by atoms with Crippen molar-refractivity contribution in [3.63, 3.8) is 0 Å². The summed E-state index contributed by atoms with van der Waals surface area (Å²) in [6.07, 6.45) is 2.23. The van der Waals surface area contributed by atoms with Gasteiger partial charge in [-0.25, -0.2) is 0 Å². The zero-order valence-corrected chi connectivity index (χ0v) is 13.3. The number of thiophene rings is 1. The number of nitrogens with zero attached hydrogens (tertiary/aromatic N) is 1. The van der Waals surface area contributed by atoms with Gasteiger partial charge in [0.05, 0.1) is 9.80 Å². The van der Waals surface area contributed by atoms with Gasteiger partial charge in [0.25, 0.3) is 11.6 Å². The lowest BCUT2D eigenvalue weighted by Crippen LogP contribution is -2.36. The molecule has 1 aromatic heterocycles. The van der Waals surface area contributed by atoms with Crippen LogP contribution in [-0.2, 0) is 0 Å². The minimum absolute atomic E-state index is 0. The Labute approximate surface area is 137 Å². The Balaban J connectivity index is 0.00000176. The van der Waals surface area contributed by atoms with Crippen molar-refractivity contribution in [1.29, 1.82) is 0 Å². The molecule has 0 spiro atoms. The van der Waals surface area contributed by atoms with Crippen LogP contribution in [0.3, 0.4) is 0 Å². The van der Waals surface area contributed by atoms with Crippen LogP contribution in [0.1, 0.15) is 22.5 Å². The molecule has 1 aliphatic rings. The van der Waals surface area contributed by atoms with E-state index in [-0.39, 0.29) is 24.0 Å². The number of rotatable bonds is 4. The summed E-state index contributed by atoms with van der Waals surface area (Å²) in [7, 11) is 0. The molecule has 0 saturated carbocycles. The SMILES string of the molecule is Cl.O=C(NCC1CCCN1)c1cc2cc([N+](=O)[O-])ccc2s1. The summed E-state index contributed by atoms with van der Waals surface area (Å²) in [5, 5.41) is 17.7. The zero-order chi connectivity index (χ0) is 14.8. The number of nitro groups is 1. The number of hydrogen-bond donors (Lipinski definition) is 2. The van der Waals surface area contributed by atoms with E-state index in [1.807, 2.05) is 0 Å². The monoisotopic (exact) mass is 341 g/mol. The van der Waals surface area contributed by atoms with Crippen LogP contribution in [0.5, 0.6) is 0 Å². The van der Waals surface area contributed by atoms with E-state index in [1.165, 1.54) is 23.5 Å². The Morgan fingerprint density at radius 3 is 2.95 bits per heavy atom. The Hall–Kier alpha value is -1.70. The molecule has 2 N–H and O–H groups in total. The fourth-order valence-electron chi connectivity index (χ4n) is 2.49. The number of carbonyl (C=O) groups excluding carboxylic acids is 1. The van der Waals surface area contributed by atoms with Crippen molar-refractivity contribution in [3.05, 3.63) is 39.3 Å². The highest BCUT2D eigenvalue weighted by atomic mass is 35.5. The molecule has 0 bridgehead atoms. The third-order valence-electron chi connectivity index (χ3n) is 3.61. The molecule has 1 amide bonds. The molecule has 1 atom stereocenters. The summed E-state index contributed by atoms with van der Waals surface area (Å²) < 4.78 is 0.879. The molecule has 22 heavy (non-hydrogen) atoms. The summed E-state index contributed by atoms with van der Waals surface area (Å²) in [6.45, 7) is 1.63. The second kappa shape index (κ2) is 7.04. The maximum atomic E-state index is 12.1. The number of halogens is 1. The van der Waals surface area contributed by atoms with Gasteiger partial charge in [0, 0.05) is 34.8 Å². The number of non-ortho nitro benzene ring substituents is 1. The van der Waals surface area contributed by atoms with Crippen molar-refractivity contribution >= 4 is 45.4 Å². The Morgan fingerprint density at radius 1 is 1.45 bits per heavy atom. The smallest absolute Gasteiger partial charge is 0.270 e. The lowest BCUT2D eigenvalue weighted by Gasteiger charge is -2.10. The van der Waals surface area contributed by atoms with Crippen LogP contribution in [0, 0.1) is 10.1 Å². The molecular formula is C14H16ClN3O3S. The number of nitrogens with one attached hydrogen (secondary N) is 2. The minimum atomic E-state index is -0.428. The van der Waals surface area contributed by atoms with Gasteiger partial charge in [0.2, 0.25) is 0 Å². The van der Waals surface area contributed by atoms with Crippen LogP contribution >= 0.6 is 23.7 Å². The quantitative estimate of drug-likeness (QED) is 0.661. The largest absolute Gasteiger partial charge is 0.350 e. The number of benzene rings is 1. The number of nitro benzene ring substituents is 1. The first-order valence-electron chi connectivity index (χ1n) is 6.83. The molecule has 1 aromatic carbocycles. The third-order valence-corrected chi connectivity index (χ3v) is 4.72. The topological polar surface area (TPSA) is 84.3 Å². The molecule has 2 heterocycles. The Kier molecular flexibility index (Phi) is 5.33. The van der Waals surface area contributed by atoms with Crippen LogP contribution in [0.25, 0.3) is 10.1 Å². The van der Waals surface area contributed by atoms with E-state index < -0.39 is 4.92 Å². The van der Waals surface area contributed by atoms with Gasteiger partial charge in [-0.2, -0.15) is 0 Å². The van der Waals surface area contributed by atoms with Gasteiger partial charge in [0.15, 0.2) is 0 Å². The van der Waals surface area contributed by atoms with Crippen molar-refractivity contribution in [2.75, 3.05) is 13.1 Å². The third kappa shape index (κ3) is 3.55. The summed E-state index contributed by atoms with van der Waals surface area (Å²) in [5.41, 5.74) is 0.0439. The predicted molar refractivity (Wildman–Crippen MR) is 89.1 cm³/mol. The van der Waals surface area contributed by atoms with E-state index in [1.54, 1.807) is 12.1 Å². The van der Waals surface area contributed by atoms with Crippen LogP contribution in [0.4, 0.5) is 5.69 Å². The maximum Gasteiger partial charge on any atom is 0.270 e. The molecule has 8 heteroatoms. The molecule has 0 radical (unpaired) electrons. The average molecular weight is 342 g/mol. The highest BCUT2D eigenvalue weighted by Gasteiger charge is 2.17. The lowest BCUT2D eigenvalue weighted by atomic mass is 10.2. The fraction of sp³-hybridized carbons (Fsp3) is 0.357. The Morgan fingerprint density at radius 2 is 2.27 bits per heavy atom. The van der Waals surface area contributed by atoms with Gasteiger partial charge in [0.1, 0.15) is 0 Å². The van der Waals surface area contributed by atoms with E-state index in [4.69, 9.17) is 0 Å². The molecule has 2 aromatic rings. The second-order valence-corrected chi connectivity index (χ2v) is 6.18. The van der Waals surface area contributed by atoms with Crippen LogP contribution in [0.15, 0.2) is 24.3 Å². The fourth-order valence-corrected chi connectivity index (χ4v) is 3.45. The van der Waals surface area contributed by atoms with Gasteiger partial charge < -0.3 is 10.6 Å². The van der Waals surface area contributed by atoms with Crippen LogP contribution < -0.4 is 10.6 Å². The van der Waals surface area contributed by atoms with Gasteiger partial charge in [-0.05, 0) is 31.5 Å². The first-order chi connectivity index (χ1) is 10.1.